The van der Waals surface area contributed by atoms with Crippen LogP contribution in [0.4, 0.5) is 5.82 Å². The van der Waals surface area contributed by atoms with Gasteiger partial charge in [0.1, 0.15) is 5.52 Å². The zero-order valence-electron chi connectivity index (χ0n) is 12.3. The van der Waals surface area contributed by atoms with Crippen molar-refractivity contribution < 1.29 is 0 Å². The van der Waals surface area contributed by atoms with Gasteiger partial charge in [0.15, 0.2) is 5.82 Å². The van der Waals surface area contributed by atoms with Crippen molar-refractivity contribution in [3.05, 3.63) is 24.2 Å². The van der Waals surface area contributed by atoms with E-state index >= 15 is 0 Å². The molecule has 1 unspecified atom stereocenters. The van der Waals surface area contributed by atoms with Gasteiger partial charge in [0, 0.05) is 31.5 Å². The Labute approximate surface area is 120 Å². The van der Waals surface area contributed by atoms with E-state index in [2.05, 4.69) is 33.3 Å². The van der Waals surface area contributed by atoms with Gasteiger partial charge >= 0.3 is 0 Å². The smallest absolute Gasteiger partial charge is 0.154 e. The summed E-state index contributed by atoms with van der Waals surface area (Å²) < 4.78 is 1.94. The van der Waals surface area contributed by atoms with Crippen LogP contribution in [0.25, 0.3) is 5.52 Å². The van der Waals surface area contributed by atoms with Crippen LogP contribution in [0.5, 0.6) is 0 Å². The number of piperidine rings is 1. The summed E-state index contributed by atoms with van der Waals surface area (Å²) in [6, 6.07) is 2.67. The van der Waals surface area contributed by atoms with E-state index in [4.69, 9.17) is 0 Å². The second kappa shape index (κ2) is 5.79. The summed E-state index contributed by atoms with van der Waals surface area (Å²) in [4.78, 5) is 7.11. The second-order valence-electron chi connectivity index (χ2n) is 5.56. The van der Waals surface area contributed by atoms with Gasteiger partial charge in [-0.25, -0.2) is 9.50 Å². The molecule has 3 rings (SSSR count). The Kier molecular flexibility index (Phi) is 3.87. The van der Waals surface area contributed by atoms with Crippen LogP contribution in [0.1, 0.15) is 31.9 Å². The van der Waals surface area contributed by atoms with Gasteiger partial charge in [-0.2, -0.15) is 5.10 Å². The lowest BCUT2D eigenvalue weighted by Gasteiger charge is -2.35. The van der Waals surface area contributed by atoms with E-state index in [0.717, 1.165) is 43.1 Å². The van der Waals surface area contributed by atoms with Crippen LogP contribution in [-0.2, 0) is 0 Å². The molecule has 0 amide bonds. The first-order valence-electron chi connectivity index (χ1n) is 7.58. The van der Waals surface area contributed by atoms with Crippen molar-refractivity contribution >= 4 is 11.3 Å². The van der Waals surface area contributed by atoms with E-state index in [0.29, 0.717) is 6.04 Å². The Bertz CT molecular complexity index is 571. The molecule has 5 heteroatoms. The largest absolute Gasteiger partial charge is 0.351 e. The topological polar surface area (TPSA) is 45.5 Å². The molecule has 1 atom stereocenters. The van der Waals surface area contributed by atoms with Crippen molar-refractivity contribution in [2.24, 2.45) is 0 Å². The Morgan fingerprint density at radius 3 is 3.15 bits per heavy atom. The molecule has 1 aliphatic heterocycles. The third kappa shape index (κ3) is 2.50. The molecule has 3 heterocycles. The number of hydrogen-bond acceptors (Lipinski definition) is 4. The highest BCUT2D eigenvalue weighted by Gasteiger charge is 2.23. The molecule has 1 N–H and O–H groups in total. The molecule has 20 heavy (non-hydrogen) atoms. The highest BCUT2D eigenvalue weighted by atomic mass is 15.3. The normalized spacial score (nSPS) is 19.4. The summed E-state index contributed by atoms with van der Waals surface area (Å²) in [5.41, 5.74) is 2.15. The predicted molar refractivity (Wildman–Crippen MR) is 81.3 cm³/mol. The lowest BCUT2D eigenvalue weighted by molar-refractivity contribution is 0.429. The third-order valence-electron chi connectivity index (χ3n) is 3.94. The van der Waals surface area contributed by atoms with Crippen molar-refractivity contribution in [1.82, 2.24) is 19.9 Å². The van der Waals surface area contributed by atoms with Gasteiger partial charge in [-0.1, -0.05) is 6.92 Å². The molecule has 0 aliphatic carbocycles. The molecule has 2 aromatic heterocycles. The number of anilines is 1. The number of nitrogens with zero attached hydrogens (tertiary/aromatic N) is 4. The van der Waals surface area contributed by atoms with Crippen molar-refractivity contribution in [2.45, 2.75) is 39.2 Å². The molecule has 1 saturated heterocycles. The number of aryl methyl sites for hydroxylation is 1. The summed E-state index contributed by atoms with van der Waals surface area (Å²) in [7, 11) is 0. The van der Waals surface area contributed by atoms with Crippen LogP contribution < -0.4 is 10.2 Å². The number of fused-ring (bicyclic) bond motifs is 1. The summed E-state index contributed by atoms with van der Waals surface area (Å²) in [5.74, 6) is 1.07. The first kappa shape index (κ1) is 13.4. The second-order valence-corrected chi connectivity index (χ2v) is 5.56. The van der Waals surface area contributed by atoms with E-state index in [-0.39, 0.29) is 0 Å². The average molecular weight is 273 g/mol. The average Bonchev–Trinajstić information content (AvgIpc) is 2.86. The maximum absolute atomic E-state index is 4.65. The summed E-state index contributed by atoms with van der Waals surface area (Å²) in [6.45, 7) is 7.49. The number of aromatic nitrogens is 3. The van der Waals surface area contributed by atoms with Gasteiger partial charge in [-0.3, -0.25) is 0 Å². The first-order chi connectivity index (χ1) is 9.79. The number of hydrogen-bond donors (Lipinski definition) is 1. The predicted octanol–water partition coefficient (Wildman–Crippen LogP) is 2.01. The standard InChI is InChI=1S/C15H23N5/c1-3-8-19(13-5-4-6-16-11-13)15-14-10-12(2)18-20(14)9-7-17-15/h7,9-10,13,16H,3-6,8,11H2,1-2H3. The Hall–Kier alpha value is -1.62. The quantitative estimate of drug-likeness (QED) is 0.925. The summed E-state index contributed by atoms with van der Waals surface area (Å²) >= 11 is 0. The maximum atomic E-state index is 4.65. The van der Waals surface area contributed by atoms with Crippen molar-refractivity contribution in [3.8, 4) is 0 Å². The van der Waals surface area contributed by atoms with Gasteiger partial charge in [0.05, 0.1) is 5.69 Å². The fourth-order valence-corrected chi connectivity index (χ4v) is 3.05. The Morgan fingerprint density at radius 1 is 1.50 bits per heavy atom. The van der Waals surface area contributed by atoms with Crippen LogP contribution in [0.3, 0.4) is 0 Å². The fraction of sp³-hybridized carbons (Fsp3) is 0.600. The minimum absolute atomic E-state index is 0.539. The van der Waals surface area contributed by atoms with Crippen LogP contribution in [0, 0.1) is 6.92 Å². The molecule has 1 aliphatic rings. The third-order valence-corrected chi connectivity index (χ3v) is 3.94. The van der Waals surface area contributed by atoms with Gasteiger partial charge in [-0.15, -0.1) is 0 Å². The highest BCUT2D eigenvalue weighted by molar-refractivity contribution is 5.69. The SMILES string of the molecule is CCCN(c1nccn2nc(C)cc12)C1CCCNC1. The lowest BCUT2D eigenvalue weighted by atomic mass is 10.1. The van der Waals surface area contributed by atoms with E-state index in [9.17, 15) is 0 Å². The van der Waals surface area contributed by atoms with E-state index in [1.54, 1.807) is 0 Å². The van der Waals surface area contributed by atoms with Gasteiger partial charge in [0.2, 0.25) is 0 Å². The highest BCUT2D eigenvalue weighted by Crippen LogP contribution is 2.24. The van der Waals surface area contributed by atoms with Crippen LogP contribution >= 0.6 is 0 Å². The molecule has 0 radical (unpaired) electrons. The molecule has 108 valence electrons. The van der Waals surface area contributed by atoms with Crippen LogP contribution in [0.2, 0.25) is 0 Å². The molecule has 5 nitrogen and oxygen atoms in total. The van der Waals surface area contributed by atoms with Crippen molar-refractivity contribution in [2.75, 3.05) is 24.5 Å². The maximum Gasteiger partial charge on any atom is 0.154 e. The molecular weight excluding hydrogens is 250 g/mol. The zero-order valence-corrected chi connectivity index (χ0v) is 12.3. The monoisotopic (exact) mass is 273 g/mol. The first-order valence-corrected chi connectivity index (χ1v) is 7.58. The van der Waals surface area contributed by atoms with Gasteiger partial charge in [0.25, 0.3) is 0 Å². The van der Waals surface area contributed by atoms with E-state index in [1.165, 1.54) is 12.8 Å². The van der Waals surface area contributed by atoms with Crippen molar-refractivity contribution in [1.29, 1.82) is 0 Å². The lowest BCUT2D eigenvalue weighted by Crippen LogP contribution is -2.47. The Morgan fingerprint density at radius 2 is 2.40 bits per heavy atom. The van der Waals surface area contributed by atoms with Gasteiger partial charge in [-0.05, 0) is 38.8 Å². The van der Waals surface area contributed by atoms with Gasteiger partial charge < -0.3 is 10.2 Å². The summed E-state index contributed by atoms with van der Waals surface area (Å²) in [5, 5.41) is 8.00. The molecule has 0 aromatic carbocycles. The Balaban J connectivity index is 1.99. The molecule has 1 fully saturated rings. The molecule has 0 spiro atoms. The number of nitrogens with one attached hydrogen (secondary N) is 1. The fourth-order valence-electron chi connectivity index (χ4n) is 3.05. The molecular formula is C15H23N5. The molecule has 0 saturated carbocycles. The number of rotatable bonds is 4. The molecule has 2 aromatic rings. The van der Waals surface area contributed by atoms with Crippen LogP contribution in [-0.4, -0.2) is 40.3 Å². The zero-order chi connectivity index (χ0) is 13.9. The minimum Gasteiger partial charge on any atom is -0.351 e. The molecule has 0 bridgehead atoms. The summed E-state index contributed by atoms with van der Waals surface area (Å²) in [6.07, 6.45) is 7.39. The van der Waals surface area contributed by atoms with E-state index < -0.39 is 0 Å². The minimum atomic E-state index is 0.539. The van der Waals surface area contributed by atoms with Crippen molar-refractivity contribution in [3.63, 3.8) is 0 Å². The van der Waals surface area contributed by atoms with E-state index in [1.807, 2.05) is 23.8 Å². The van der Waals surface area contributed by atoms with Crippen LogP contribution in [0.15, 0.2) is 18.5 Å².